The molecule has 90 valence electrons. The molecule has 0 bridgehead atoms. The fraction of sp³-hybridized carbons (Fsp3) is 0.143. The molecule has 1 unspecified atom stereocenters. The van der Waals surface area contributed by atoms with Gasteiger partial charge in [-0.3, -0.25) is 0 Å². The van der Waals surface area contributed by atoms with Crippen LogP contribution in [0.25, 0.3) is 0 Å². The van der Waals surface area contributed by atoms with Gasteiger partial charge in [0.25, 0.3) is 0 Å². The van der Waals surface area contributed by atoms with Crippen molar-refractivity contribution in [1.29, 1.82) is 0 Å². The highest BCUT2D eigenvalue weighted by Gasteiger charge is 2.35. The van der Waals surface area contributed by atoms with Gasteiger partial charge in [-0.05, 0) is 11.0 Å². The van der Waals surface area contributed by atoms with Gasteiger partial charge >= 0.3 is 7.12 Å². The van der Waals surface area contributed by atoms with Crippen molar-refractivity contribution < 1.29 is 14.4 Å². The Morgan fingerprint density at radius 3 is 2.61 bits per heavy atom. The largest absolute Gasteiger partial charge is 0.493 e. The Hall–Kier alpha value is -1.62. The van der Waals surface area contributed by atoms with Crippen LogP contribution in [0.15, 0.2) is 54.6 Å². The zero-order valence-electron chi connectivity index (χ0n) is 9.82. The summed E-state index contributed by atoms with van der Waals surface area (Å²) in [6.45, 7) is 0.465. The molecule has 0 saturated carbocycles. The summed E-state index contributed by atoms with van der Waals surface area (Å²) in [5.74, 6) is 0. The maximum atomic E-state index is 9.75. The summed E-state index contributed by atoms with van der Waals surface area (Å²) in [5, 5.41) is 9.75. The van der Waals surface area contributed by atoms with E-state index in [1.165, 1.54) is 0 Å². The molecule has 0 spiro atoms. The first-order valence-corrected chi connectivity index (χ1v) is 5.92. The third kappa shape index (κ3) is 2.18. The highest BCUT2D eigenvalue weighted by Crippen LogP contribution is 2.25. The lowest BCUT2D eigenvalue weighted by Crippen LogP contribution is -2.27. The number of hydrogen-bond acceptors (Lipinski definition) is 3. The van der Waals surface area contributed by atoms with Crippen LogP contribution in [0, 0.1) is 0 Å². The predicted octanol–water partition coefficient (Wildman–Crippen LogP) is 1.62. The molecule has 2 aromatic carbocycles. The van der Waals surface area contributed by atoms with Crippen molar-refractivity contribution in [2.24, 2.45) is 0 Å². The second kappa shape index (κ2) is 4.94. The molecule has 0 aliphatic carbocycles. The zero-order valence-corrected chi connectivity index (χ0v) is 9.82. The molecule has 0 aromatic heterocycles. The van der Waals surface area contributed by atoms with Crippen molar-refractivity contribution in [2.75, 3.05) is 0 Å². The van der Waals surface area contributed by atoms with Gasteiger partial charge in [0.2, 0.25) is 0 Å². The number of fused-ring (bicyclic) bond motifs is 1. The van der Waals surface area contributed by atoms with Crippen LogP contribution in [-0.4, -0.2) is 12.1 Å². The Morgan fingerprint density at radius 1 is 1.06 bits per heavy atom. The molecule has 3 nitrogen and oxygen atoms in total. The summed E-state index contributed by atoms with van der Waals surface area (Å²) in [7, 11) is -0.887. The zero-order chi connectivity index (χ0) is 12.4. The van der Waals surface area contributed by atoms with Crippen LogP contribution in [0.3, 0.4) is 0 Å². The minimum Gasteiger partial charge on any atom is -0.423 e. The van der Waals surface area contributed by atoms with Gasteiger partial charge in [-0.25, -0.2) is 0 Å². The maximum Gasteiger partial charge on any atom is 0.493 e. The summed E-state index contributed by atoms with van der Waals surface area (Å²) in [6.07, 6.45) is -0.489. The standard InChI is InChI=1S/C14H13BO3/c16-15-13-9-5-4-8-12(13)14(18-15)17-10-11-6-2-1-3-7-11/h1-9,14,16H,10H2. The van der Waals surface area contributed by atoms with Gasteiger partial charge in [-0.1, -0.05) is 54.6 Å². The molecular formula is C14H13BO3. The third-order valence-corrected chi connectivity index (χ3v) is 3.01. The lowest BCUT2D eigenvalue weighted by Gasteiger charge is -2.13. The first-order chi connectivity index (χ1) is 8.84. The van der Waals surface area contributed by atoms with Crippen LogP contribution in [0.5, 0.6) is 0 Å². The third-order valence-electron chi connectivity index (χ3n) is 3.01. The molecule has 1 atom stereocenters. The van der Waals surface area contributed by atoms with Crippen LogP contribution in [0.1, 0.15) is 17.4 Å². The van der Waals surface area contributed by atoms with Crippen molar-refractivity contribution >= 4 is 12.6 Å². The fourth-order valence-corrected chi connectivity index (χ4v) is 2.09. The van der Waals surface area contributed by atoms with E-state index in [4.69, 9.17) is 9.39 Å². The SMILES string of the molecule is OB1OC(OCc2ccccc2)c2ccccc21. The number of benzene rings is 2. The smallest absolute Gasteiger partial charge is 0.423 e. The second-order valence-electron chi connectivity index (χ2n) is 4.25. The van der Waals surface area contributed by atoms with E-state index < -0.39 is 13.4 Å². The molecule has 2 aromatic rings. The highest BCUT2D eigenvalue weighted by atomic mass is 16.7. The molecule has 0 amide bonds. The molecular weight excluding hydrogens is 227 g/mol. The van der Waals surface area contributed by atoms with E-state index in [1.54, 1.807) is 0 Å². The van der Waals surface area contributed by atoms with E-state index in [2.05, 4.69) is 0 Å². The molecule has 1 aliphatic heterocycles. The molecule has 0 radical (unpaired) electrons. The Labute approximate surface area is 106 Å². The molecule has 18 heavy (non-hydrogen) atoms. The van der Waals surface area contributed by atoms with E-state index in [1.807, 2.05) is 54.6 Å². The van der Waals surface area contributed by atoms with Gasteiger partial charge in [0, 0.05) is 5.56 Å². The van der Waals surface area contributed by atoms with E-state index in [0.29, 0.717) is 6.61 Å². The second-order valence-corrected chi connectivity index (χ2v) is 4.25. The average Bonchev–Trinajstić information content (AvgIpc) is 2.75. The summed E-state index contributed by atoms with van der Waals surface area (Å²) < 4.78 is 11.1. The molecule has 1 aliphatic rings. The highest BCUT2D eigenvalue weighted by molar-refractivity contribution is 6.61. The monoisotopic (exact) mass is 240 g/mol. The van der Waals surface area contributed by atoms with Crippen LogP contribution in [0.2, 0.25) is 0 Å². The van der Waals surface area contributed by atoms with E-state index >= 15 is 0 Å². The van der Waals surface area contributed by atoms with Gasteiger partial charge in [0.05, 0.1) is 6.61 Å². The van der Waals surface area contributed by atoms with Gasteiger partial charge in [0.15, 0.2) is 6.29 Å². The van der Waals surface area contributed by atoms with Gasteiger partial charge in [-0.15, -0.1) is 0 Å². The van der Waals surface area contributed by atoms with E-state index in [9.17, 15) is 5.02 Å². The molecule has 1 N–H and O–H groups in total. The van der Waals surface area contributed by atoms with Gasteiger partial charge in [0.1, 0.15) is 0 Å². The predicted molar refractivity (Wildman–Crippen MR) is 69.1 cm³/mol. The lowest BCUT2D eigenvalue weighted by molar-refractivity contribution is -0.0942. The Bertz CT molecular complexity index is 530. The topological polar surface area (TPSA) is 38.7 Å². The maximum absolute atomic E-state index is 9.75. The Kier molecular flexibility index (Phi) is 3.15. The van der Waals surface area contributed by atoms with Gasteiger partial charge in [-0.2, -0.15) is 0 Å². The minimum absolute atomic E-state index is 0.465. The summed E-state index contributed by atoms with van der Waals surface area (Å²) >= 11 is 0. The number of hydrogen-bond donors (Lipinski definition) is 1. The normalized spacial score (nSPS) is 17.8. The van der Waals surface area contributed by atoms with Crippen molar-refractivity contribution in [3.8, 4) is 0 Å². The molecule has 3 rings (SSSR count). The van der Waals surface area contributed by atoms with E-state index in [0.717, 1.165) is 16.6 Å². The van der Waals surface area contributed by atoms with Crippen LogP contribution in [-0.2, 0) is 16.0 Å². The Morgan fingerprint density at radius 2 is 1.78 bits per heavy atom. The molecule has 4 heteroatoms. The van der Waals surface area contributed by atoms with Crippen LogP contribution in [0.4, 0.5) is 0 Å². The van der Waals surface area contributed by atoms with Gasteiger partial charge < -0.3 is 14.4 Å². The van der Waals surface area contributed by atoms with Crippen LogP contribution < -0.4 is 5.46 Å². The van der Waals surface area contributed by atoms with E-state index in [-0.39, 0.29) is 0 Å². The molecule has 0 fully saturated rings. The van der Waals surface area contributed by atoms with Crippen molar-refractivity contribution in [3.63, 3.8) is 0 Å². The van der Waals surface area contributed by atoms with Crippen molar-refractivity contribution in [3.05, 3.63) is 65.7 Å². The van der Waals surface area contributed by atoms with Crippen LogP contribution >= 0.6 is 0 Å². The summed E-state index contributed by atoms with van der Waals surface area (Å²) in [4.78, 5) is 0. The average molecular weight is 240 g/mol. The number of ether oxygens (including phenoxy) is 1. The number of rotatable bonds is 3. The first-order valence-electron chi connectivity index (χ1n) is 5.92. The van der Waals surface area contributed by atoms with Crippen molar-refractivity contribution in [2.45, 2.75) is 12.9 Å². The summed E-state index contributed by atoms with van der Waals surface area (Å²) in [6, 6.07) is 17.5. The minimum atomic E-state index is -0.887. The quantitative estimate of drug-likeness (QED) is 0.828. The fourth-order valence-electron chi connectivity index (χ4n) is 2.09. The molecule has 1 heterocycles. The summed E-state index contributed by atoms with van der Waals surface area (Å²) in [5.41, 5.74) is 2.77. The molecule has 0 saturated heterocycles. The first kappa shape index (κ1) is 11.5. The van der Waals surface area contributed by atoms with Crippen molar-refractivity contribution in [1.82, 2.24) is 0 Å². The lowest BCUT2D eigenvalue weighted by atomic mass is 9.80. The Balaban J connectivity index is 1.72.